The molecule has 2 rings (SSSR count). The zero-order valence-corrected chi connectivity index (χ0v) is 13.4. The summed E-state index contributed by atoms with van der Waals surface area (Å²) in [5, 5.41) is 12.9. The van der Waals surface area contributed by atoms with Crippen molar-refractivity contribution < 1.29 is 14.6 Å². The maximum Gasteiger partial charge on any atom is 0.330 e. The number of hydrogen-bond donors (Lipinski definition) is 2. The number of H-pyrrole nitrogens is 1. The molecule has 0 aliphatic carbocycles. The molecule has 24 heavy (non-hydrogen) atoms. The highest BCUT2D eigenvalue weighted by Gasteiger charge is 2.35. The molecule has 1 aliphatic rings. The Morgan fingerprint density at radius 3 is 3.04 bits per heavy atom. The van der Waals surface area contributed by atoms with Gasteiger partial charge in [0.2, 0.25) is 0 Å². The summed E-state index contributed by atoms with van der Waals surface area (Å²) in [6.45, 7) is 2.32. The first-order valence-electron chi connectivity index (χ1n) is 7.83. The fourth-order valence-electron chi connectivity index (χ4n) is 2.51. The van der Waals surface area contributed by atoms with E-state index in [2.05, 4.69) is 15.0 Å². The van der Waals surface area contributed by atoms with Gasteiger partial charge in [-0.05, 0) is 12.0 Å². The van der Waals surface area contributed by atoms with Crippen molar-refractivity contribution in [2.75, 3.05) is 13.2 Å². The van der Waals surface area contributed by atoms with Crippen molar-refractivity contribution in [1.29, 1.82) is 0 Å². The van der Waals surface area contributed by atoms with Crippen molar-refractivity contribution in [2.24, 2.45) is 5.11 Å². The molecule has 2 heterocycles. The highest BCUT2D eigenvalue weighted by atomic mass is 16.5. The van der Waals surface area contributed by atoms with E-state index in [1.54, 1.807) is 0 Å². The molecule has 3 atom stereocenters. The quantitative estimate of drug-likeness (QED) is 0.312. The number of aliphatic hydroxyl groups is 1. The van der Waals surface area contributed by atoms with Crippen LogP contribution in [0.15, 0.2) is 20.9 Å². The van der Waals surface area contributed by atoms with Gasteiger partial charge in [0.15, 0.2) is 0 Å². The second kappa shape index (κ2) is 8.65. The standard InChI is InChI=1S/C14H21N5O5/c1-2-3-4-23-8-9-6-19(14(22)16-13(9)21)12-5-10(17-18-15)11(7-20)24-12/h6,10-12,20H,2-5,7-8H2,1H3,(H,16,21,22)/t10-,11+,12+/m0/s1. The topological polar surface area (TPSA) is 142 Å². The number of rotatable bonds is 8. The van der Waals surface area contributed by atoms with E-state index in [4.69, 9.17) is 15.0 Å². The molecule has 0 saturated carbocycles. The van der Waals surface area contributed by atoms with Gasteiger partial charge in [0.05, 0.1) is 30.9 Å². The lowest BCUT2D eigenvalue weighted by Gasteiger charge is -2.15. The van der Waals surface area contributed by atoms with Crippen LogP contribution in [0.25, 0.3) is 10.4 Å². The van der Waals surface area contributed by atoms with Crippen LogP contribution < -0.4 is 11.2 Å². The predicted octanol–water partition coefficient (Wildman–Crippen LogP) is 0.812. The summed E-state index contributed by atoms with van der Waals surface area (Å²) < 4.78 is 12.2. The van der Waals surface area contributed by atoms with E-state index >= 15 is 0 Å². The zero-order chi connectivity index (χ0) is 17.5. The van der Waals surface area contributed by atoms with Crippen molar-refractivity contribution in [3.8, 4) is 0 Å². The highest BCUT2D eigenvalue weighted by Crippen LogP contribution is 2.29. The first kappa shape index (κ1) is 18.2. The molecule has 1 aliphatic heterocycles. The normalized spacial score (nSPS) is 23.2. The molecular formula is C14H21N5O5. The summed E-state index contributed by atoms with van der Waals surface area (Å²) in [7, 11) is 0. The molecule has 1 aromatic heterocycles. The number of unbranched alkanes of at least 4 members (excludes halogenated alkanes) is 1. The third kappa shape index (κ3) is 4.24. The highest BCUT2D eigenvalue weighted by molar-refractivity contribution is 5.04. The van der Waals surface area contributed by atoms with Gasteiger partial charge in [0.25, 0.3) is 5.56 Å². The minimum Gasteiger partial charge on any atom is -0.394 e. The smallest absolute Gasteiger partial charge is 0.330 e. The molecule has 0 spiro atoms. The number of nitrogens with one attached hydrogen (secondary N) is 1. The lowest BCUT2D eigenvalue weighted by atomic mass is 10.1. The van der Waals surface area contributed by atoms with E-state index in [-0.39, 0.29) is 19.6 Å². The largest absolute Gasteiger partial charge is 0.394 e. The van der Waals surface area contributed by atoms with Gasteiger partial charge < -0.3 is 14.6 Å². The molecule has 0 radical (unpaired) electrons. The summed E-state index contributed by atoms with van der Waals surface area (Å²) in [5.74, 6) is 0. The van der Waals surface area contributed by atoms with Crippen molar-refractivity contribution in [1.82, 2.24) is 9.55 Å². The van der Waals surface area contributed by atoms with Gasteiger partial charge in [-0.2, -0.15) is 0 Å². The first-order valence-corrected chi connectivity index (χ1v) is 7.83. The van der Waals surface area contributed by atoms with Crippen LogP contribution in [0, 0.1) is 0 Å². The second-order valence-corrected chi connectivity index (χ2v) is 5.55. The number of aromatic amines is 1. The molecule has 0 amide bonds. The predicted molar refractivity (Wildman–Crippen MR) is 84.4 cm³/mol. The van der Waals surface area contributed by atoms with Gasteiger partial charge in [0, 0.05) is 24.1 Å². The summed E-state index contributed by atoms with van der Waals surface area (Å²) in [6, 6.07) is -0.576. The Morgan fingerprint density at radius 2 is 2.38 bits per heavy atom. The molecule has 2 N–H and O–H groups in total. The number of hydrogen-bond acceptors (Lipinski definition) is 6. The van der Waals surface area contributed by atoms with Gasteiger partial charge >= 0.3 is 5.69 Å². The van der Waals surface area contributed by atoms with Gasteiger partial charge in [0.1, 0.15) is 6.23 Å². The lowest BCUT2D eigenvalue weighted by Crippen LogP contribution is -2.34. The van der Waals surface area contributed by atoms with E-state index in [1.807, 2.05) is 6.92 Å². The van der Waals surface area contributed by atoms with Crippen molar-refractivity contribution >= 4 is 0 Å². The summed E-state index contributed by atoms with van der Waals surface area (Å²) in [4.78, 5) is 28.9. The molecule has 1 fully saturated rings. The van der Waals surface area contributed by atoms with Crippen molar-refractivity contribution in [3.63, 3.8) is 0 Å². The Balaban J connectivity index is 2.19. The van der Waals surface area contributed by atoms with Crippen molar-refractivity contribution in [2.45, 2.75) is 51.2 Å². The van der Waals surface area contributed by atoms with E-state index < -0.39 is 29.6 Å². The molecule has 10 heteroatoms. The maximum absolute atomic E-state index is 12.0. The first-order chi connectivity index (χ1) is 11.6. The van der Waals surface area contributed by atoms with Crippen LogP contribution in [0.3, 0.4) is 0 Å². The Hall–Kier alpha value is -2.13. The third-order valence-electron chi connectivity index (χ3n) is 3.84. The van der Waals surface area contributed by atoms with E-state index in [0.717, 1.165) is 12.8 Å². The number of aliphatic hydroxyl groups excluding tert-OH is 1. The van der Waals surface area contributed by atoms with Crippen LogP contribution in [-0.4, -0.2) is 40.0 Å². The summed E-state index contributed by atoms with van der Waals surface area (Å²) >= 11 is 0. The molecule has 0 aromatic carbocycles. The van der Waals surface area contributed by atoms with Gasteiger partial charge in [-0.1, -0.05) is 18.5 Å². The van der Waals surface area contributed by atoms with Gasteiger partial charge in [-0.3, -0.25) is 14.3 Å². The van der Waals surface area contributed by atoms with Crippen LogP contribution in [-0.2, 0) is 16.1 Å². The van der Waals surface area contributed by atoms with Gasteiger partial charge in [-0.15, -0.1) is 0 Å². The van der Waals surface area contributed by atoms with E-state index in [1.165, 1.54) is 10.8 Å². The summed E-state index contributed by atoms with van der Waals surface area (Å²) in [5.41, 5.74) is 7.74. The Morgan fingerprint density at radius 1 is 1.58 bits per heavy atom. The van der Waals surface area contributed by atoms with Crippen LogP contribution in [0.2, 0.25) is 0 Å². The molecule has 1 saturated heterocycles. The zero-order valence-electron chi connectivity index (χ0n) is 13.4. The van der Waals surface area contributed by atoms with Crippen LogP contribution in [0.4, 0.5) is 0 Å². The van der Waals surface area contributed by atoms with E-state index in [9.17, 15) is 14.7 Å². The fourth-order valence-corrected chi connectivity index (χ4v) is 2.51. The van der Waals surface area contributed by atoms with Crippen molar-refractivity contribution in [3.05, 3.63) is 43.0 Å². The Labute approximate surface area is 137 Å². The number of azide groups is 1. The molecule has 1 aromatic rings. The molecule has 0 unspecified atom stereocenters. The van der Waals surface area contributed by atoms with E-state index in [0.29, 0.717) is 12.2 Å². The number of nitrogens with zero attached hydrogens (tertiary/aromatic N) is 4. The molecule has 10 nitrogen and oxygen atoms in total. The molecular weight excluding hydrogens is 318 g/mol. The molecule has 132 valence electrons. The SMILES string of the molecule is CCCCOCc1cn([C@H]2C[C@H](N=[N+]=[N-])[C@@H](CO)O2)c(=O)[nH]c1=O. The second-order valence-electron chi connectivity index (χ2n) is 5.55. The van der Waals surface area contributed by atoms with Crippen LogP contribution in [0.1, 0.15) is 38.0 Å². The Kier molecular flexibility index (Phi) is 6.56. The molecule has 0 bridgehead atoms. The average Bonchev–Trinajstić information content (AvgIpc) is 2.96. The maximum atomic E-state index is 12.0. The lowest BCUT2D eigenvalue weighted by molar-refractivity contribution is -0.0274. The minimum atomic E-state index is -0.726. The number of aromatic nitrogens is 2. The number of ether oxygens (including phenoxy) is 2. The average molecular weight is 339 g/mol. The minimum absolute atomic E-state index is 0.0888. The monoisotopic (exact) mass is 339 g/mol. The van der Waals surface area contributed by atoms with Crippen LogP contribution in [0.5, 0.6) is 0 Å². The summed E-state index contributed by atoms with van der Waals surface area (Å²) in [6.07, 6.45) is 2.08. The van der Waals surface area contributed by atoms with Crippen LogP contribution >= 0.6 is 0 Å². The Bertz CT molecular complexity index is 708. The van der Waals surface area contributed by atoms with Gasteiger partial charge in [-0.25, -0.2) is 4.79 Å². The fraction of sp³-hybridized carbons (Fsp3) is 0.714. The third-order valence-corrected chi connectivity index (χ3v) is 3.84.